The molecule has 0 unspecified atom stereocenters. The second-order valence-corrected chi connectivity index (χ2v) is 9.82. The Morgan fingerprint density at radius 1 is 1.17 bits per heavy atom. The number of benzene rings is 1. The molecule has 8 heteroatoms. The zero-order chi connectivity index (χ0) is 24.8. The van der Waals surface area contributed by atoms with Gasteiger partial charge < -0.3 is 10.2 Å². The Kier molecular flexibility index (Phi) is 8.63. The SMILES string of the molecule is CCCCCn1c(N2CCC[C@H]2C(=O)CCCCNC)cc(=O)n2cc(-c3ccc(Cl)cc3)nc12. The van der Waals surface area contributed by atoms with Gasteiger partial charge in [0.2, 0.25) is 5.78 Å². The van der Waals surface area contributed by atoms with Gasteiger partial charge in [-0.05, 0) is 57.8 Å². The first-order valence-electron chi connectivity index (χ1n) is 12.9. The third kappa shape index (κ3) is 5.78. The normalized spacial score (nSPS) is 15.9. The van der Waals surface area contributed by atoms with E-state index in [1.807, 2.05) is 31.3 Å². The van der Waals surface area contributed by atoms with Crippen LogP contribution in [0.3, 0.4) is 0 Å². The van der Waals surface area contributed by atoms with Crippen LogP contribution in [0.25, 0.3) is 17.0 Å². The number of aryl methyl sites for hydroxylation is 1. The minimum Gasteiger partial charge on any atom is -0.348 e. The molecule has 1 fully saturated rings. The molecule has 2 aromatic heterocycles. The van der Waals surface area contributed by atoms with Crippen LogP contribution in [0.2, 0.25) is 5.02 Å². The van der Waals surface area contributed by atoms with Gasteiger partial charge in [0, 0.05) is 42.4 Å². The number of Topliss-reactive ketones (excluding diaryl/α,β-unsaturated/α-hetero) is 1. The smallest absolute Gasteiger partial charge is 0.261 e. The van der Waals surface area contributed by atoms with Gasteiger partial charge in [-0.3, -0.25) is 18.6 Å². The Bertz CT molecular complexity index is 1200. The minimum absolute atomic E-state index is 0.124. The van der Waals surface area contributed by atoms with Gasteiger partial charge in [0.05, 0.1) is 11.7 Å². The van der Waals surface area contributed by atoms with Gasteiger partial charge in [0.25, 0.3) is 5.56 Å². The zero-order valence-corrected chi connectivity index (χ0v) is 21.6. The third-order valence-electron chi connectivity index (χ3n) is 6.84. The number of halogens is 1. The van der Waals surface area contributed by atoms with Crippen molar-refractivity contribution in [2.45, 2.75) is 70.9 Å². The summed E-state index contributed by atoms with van der Waals surface area (Å²) in [5.74, 6) is 1.72. The molecule has 4 rings (SSSR count). The minimum atomic E-state index is -0.172. The lowest BCUT2D eigenvalue weighted by atomic mass is 10.0. The standard InChI is InChI=1S/C27H36ClN5O2/c1-3-4-7-16-32-25(31-17-8-9-23(31)24(34)10-5-6-15-29-2)18-26(35)33-19-22(30-27(32)33)20-11-13-21(28)14-12-20/h11-14,18-19,23,29H,3-10,15-17H2,1-2H3/t23-/m0/s1. The summed E-state index contributed by atoms with van der Waals surface area (Å²) in [6, 6.07) is 9.02. The van der Waals surface area contributed by atoms with E-state index in [0.717, 1.165) is 81.7 Å². The van der Waals surface area contributed by atoms with Gasteiger partial charge in [-0.2, -0.15) is 0 Å². The number of unbranched alkanes of at least 4 members (excludes halogenated alkanes) is 3. The van der Waals surface area contributed by atoms with Crippen molar-refractivity contribution in [2.24, 2.45) is 0 Å². The van der Waals surface area contributed by atoms with Crippen LogP contribution in [0.15, 0.2) is 41.3 Å². The third-order valence-corrected chi connectivity index (χ3v) is 7.09. The summed E-state index contributed by atoms with van der Waals surface area (Å²) in [5.41, 5.74) is 1.52. The Labute approximate surface area is 212 Å². The first-order chi connectivity index (χ1) is 17.0. The summed E-state index contributed by atoms with van der Waals surface area (Å²) in [6.45, 7) is 4.63. The van der Waals surface area contributed by atoms with E-state index in [1.165, 1.54) is 0 Å². The van der Waals surface area contributed by atoms with E-state index in [-0.39, 0.29) is 17.4 Å². The molecule has 3 heterocycles. The molecule has 188 valence electrons. The molecule has 1 aromatic carbocycles. The molecular formula is C27H36ClN5O2. The second kappa shape index (κ2) is 11.9. The molecule has 1 saturated heterocycles. The molecule has 0 bridgehead atoms. The fraction of sp³-hybridized carbons (Fsp3) is 0.519. The number of hydrogen-bond donors (Lipinski definition) is 1. The largest absolute Gasteiger partial charge is 0.348 e. The van der Waals surface area contributed by atoms with Crippen molar-refractivity contribution in [1.29, 1.82) is 0 Å². The summed E-state index contributed by atoms with van der Waals surface area (Å²) >= 11 is 6.06. The lowest BCUT2D eigenvalue weighted by Crippen LogP contribution is -2.39. The summed E-state index contributed by atoms with van der Waals surface area (Å²) in [6.07, 6.45) is 9.23. The number of fused-ring (bicyclic) bond motifs is 1. The molecule has 0 amide bonds. The molecule has 1 N–H and O–H groups in total. The van der Waals surface area contributed by atoms with E-state index in [1.54, 1.807) is 16.7 Å². The van der Waals surface area contributed by atoms with Crippen LogP contribution in [0.1, 0.15) is 58.3 Å². The van der Waals surface area contributed by atoms with E-state index >= 15 is 0 Å². The first-order valence-corrected chi connectivity index (χ1v) is 13.2. The maximum absolute atomic E-state index is 13.2. The highest BCUT2D eigenvalue weighted by atomic mass is 35.5. The molecule has 0 radical (unpaired) electrons. The summed E-state index contributed by atoms with van der Waals surface area (Å²) in [4.78, 5) is 33.4. The van der Waals surface area contributed by atoms with Gasteiger partial charge >= 0.3 is 0 Å². The van der Waals surface area contributed by atoms with Crippen LogP contribution >= 0.6 is 11.6 Å². The average molecular weight is 498 g/mol. The van der Waals surface area contributed by atoms with E-state index in [4.69, 9.17) is 16.6 Å². The van der Waals surface area contributed by atoms with Gasteiger partial charge in [0.1, 0.15) is 5.82 Å². The number of anilines is 1. The number of nitrogens with one attached hydrogen (secondary N) is 1. The second-order valence-electron chi connectivity index (χ2n) is 9.38. The van der Waals surface area contributed by atoms with Crippen molar-refractivity contribution in [1.82, 2.24) is 19.3 Å². The topological polar surface area (TPSA) is 71.6 Å². The summed E-state index contributed by atoms with van der Waals surface area (Å²) in [7, 11) is 1.93. The number of ketones is 1. The number of carbonyl (C=O) groups is 1. The van der Waals surface area contributed by atoms with Crippen LogP contribution in [0, 0.1) is 0 Å². The van der Waals surface area contributed by atoms with Gasteiger partial charge in [-0.1, -0.05) is 43.5 Å². The number of imidazole rings is 1. The van der Waals surface area contributed by atoms with Crippen LogP contribution in [-0.2, 0) is 11.3 Å². The highest BCUT2D eigenvalue weighted by Gasteiger charge is 2.32. The number of aromatic nitrogens is 3. The van der Waals surface area contributed by atoms with Crippen molar-refractivity contribution < 1.29 is 4.79 Å². The molecular weight excluding hydrogens is 462 g/mol. The Morgan fingerprint density at radius 3 is 2.71 bits per heavy atom. The lowest BCUT2D eigenvalue weighted by Gasteiger charge is -2.29. The number of carbonyl (C=O) groups excluding carboxylic acids is 1. The predicted molar refractivity (Wildman–Crippen MR) is 143 cm³/mol. The van der Waals surface area contributed by atoms with Crippen LogP contribution < -0.4 is 15.8 Å². The molecule has 35 heavy (non-hydrogen) atoms. The highest BCUT2D eigenvalue weighted by Crippen LogP contribution is 2.29. The Balaban J connectivity index is 1.71. The van der Waals surface area contributed by atoms with Gasteiger partial charge in [-0.25, -0.2) is 4.98 Å². The number of rotatable bonds is 12. The monoisotopic (exact) mass is 497 g/mol. The average Bonchev–Trinajstić information content (AvgIpc) is 3.52. The van der Waals surface area contributed by atoms with Crippen LogP contribution in [0.4, 0.5) is 5.82 Å². The number of hydrogen-bond acceptors (Lipinski definition) is 5. The van der Waals surface area contributed by atoms with Gasteiger partial charge in [-0.15, -0.1) is 0 Å². The van der Waals surface area contributed by atoms with Crippen molar-refractivity contribution in [3.05, 3.63) is 51.9 Å². The maximum atomic E-state index is 13.2. The molecule has 1 atom stereocenters. The Morgan fingerprint density at radius 2 is 1.97 bits per heavy atom. The van der Waals surface area contributed by atoms with Crippen LogP contribution in [0.5, 0.6) is 0 Å². The van der Waals surface area contributed by atoms with Crippen LogP contribution in [-0.4, -0.2) is 45.9 Å². The molecule has 0 aliphatic carbocycles. The van der Waals surface area contributed by atoms with E-state index < -0.39 is 0 Å². The quantitative estimate of drug-likeness (QED) is 0.359. The fourth-order valence-electron chi connectivity index (χ4n) is 4.96. The summed E-state index contributed by atoms with van der Waals surface area (Å²) in [5, 5.41) is 3.80. The van der Waals surface area contributed by atoms with E-state index in [0.29, 0.717) is 17.2 Å². The van der Waals surface area contributed by atoms with Gasteiger partial charge in [0.15, 0.2) is 5.78 Å². The van der Waals surface area contributed by atoms with E-state index in [2.05, 4.69) is 21.7 Å². The predicted octanol–water partition coefficient (Wildman–Crippen LogP) is 4.93. The summed E-state index contributed by atoms with van der Waals surface area (Å²) < 4.78 is 3.77. The fourth-order valence-corrected chi connectivity index (χ4v) is 5.08. The van der Waals surface area contributed by atoms with E-state index in [9.17, 15) is 9.59 Å². The van der Waals surface area contributed by atoms with Crippen molar-refractivity contribution in [3.8, 4) is 11.3 Å². The van der Waals surface area contributed by atoms with Crippen molar-refractivity contribution in [3.63, 3.8) is 0 Å². The molecule has 3 aromatic rings. The molecule has 1 aliphatic rings. The first kappa shape index (κ1) is 25.5. The Hall–Kier alpha value is -2.64. The molecule has 0 spiro atoms. The molecule has 0 saturated carbocycles. The molecule has 1 aliphatic heterocycles. The highest BCUT2D eigenvalue weighted by molar-refractivity contribution is 6.30. The zero-order valence-electron chi connectivity index (χ0n) is 20.8. The maximum Gasteiger partial charge on any atom is 0.261 e. The van der Waals surface area contributed by atoms with Crippen molar-refractivity contribution in [2.75, 3.05) is 25.0 Å². The lowest BCUT2D eigenvalue weighted by molar-refractivity contribution is -0.120. The number of nitrogens with zero attached hydrogens (tertiary/aromatic N) is 4. The molecule has 7 nitrogen and oxygen atoms in total. The van der Waals surface area contributed by atoms with Crippen molar-refractivity contribution >= 4 is 29.0 Å².